The molecule has 0 radical (unpaired) electrons. The number of nitrogens with one attached hydrogen (secondary N) is 1. The molecular weight excluding hydrogens is 652 g/mol. The number of rotatable bonds is 13. The van der Waals surface area contributed by atoms with Crippen molar-refractivity contribution >= 4 is 44.0 Å². The summed E-state index contributed by atoms with van der Waals surface area (Å²) in [7, 11) is -1.34. The molecule has 1 heterocycles. The summed E-state index contributed by atoms with van der Waals surface area (Å²) in [6.07, 6.45) is 1.07. The lowest BCUT2D eigenvalue weighted by molar-refractivity contribution is -0.115. The van der Waals surface area contributed by atoms with E-state index < -0.39 is 28.4 Å². The fourth-order valence-corrected chi connectivity index (χ4v) is 6.79. The average Bonchev–Trinajstić information content (AvgIpc) is 3.06. The molecule has 1 N–H and O–H groups in total. The van der Waals surface area contributed by atoms with Crippen molar-refractivity contribution in [2.24, 2.45) is 0 Å². The second-order valence-electron chi connectivity index (χ2n) is 10.3. The molecule has 0 atom stereocenters. The summed E-state index contributed by atoms with van der Waals surface area (Å²) in [5.74, 6) is 0.203. The lowest BCUT2D eigenvalue weighted by Crippen LogP contribution is -2.30. The van der Waals surface area contributed by atoms with Crippen LogP contribution in [-0.4, -0.2) is 44.4 Å². The van der Waals surface area contributed by atoms with Crippen molar-refractivity contribution in [3.8, 4) is 17.4 Å². The molecule has 244 valence electrons. The molecule has 0 fully saturated rings. The number of aromatic nitrogens is 1. The maximum atomic E-state index is 14.6. The summed E-state index contributed by atoms with van der Waals surface area (Å²) in [5, 5.41) is 3.12. The molecule has 5 rings (SSSR count). The number of benzene rings is 4. The van der Waals surface area contributed by atoms with Gasteiger partial charge in [-0.05, 0) is 65.2 Å². The Labute approximate surface area is 275 Å². The number of anilines is 1. The van der Waals surface area contributed by atoms with Gasteiger partial charge >= 0.3 is 6.61 Å². The molecule has 13 heteroatoms. The molecular formula is C34H30ClF2N3O6S. The van der Waals surface area contributed by atoms with E-state index in [1.165, 1.54) is 42.9 Å². The number of hydrogen-bond donors (Lipinski definition) is 1. The van der Waals surface area contributed by atoms with E-state index in [2.05, 4.69) is 15.0 Å². The number of halogens is 3. The average molecular weight is 682 g/mol. The maximum absolute atomic E-state index is 14.6. The first kappa shape index (κ1) is 33.6. The quantitative estimate of drug-likeness (QED) is 0.142. The Morgan fingerprint density at radius 3 is 2.02 bits per heavy atom. The Bertz CT molecular complexity index is 1930. The molecule has 1 amide bonds. The third-order valence-electron chi connectivity index (χ3n) is 7.25. The molecule has 0 aliphatic carbocycles. The van der Waals surface area contributed by atoms with Crippen LogP contribution in [0.4, 0.5) is 14.5 Å². The number of carbonyl (C=O) groups excluding carboxylic acids is 1. The Morgan fingerprint density at radius 1 is 0.872 bits per heavy atom. The number of hydrogen-bond acceptors (Lipinski definition) is 7. The largest absolute Gasteiger partial charge is 0.497 e. The first-order valence-corrected chi connectivity index (χ1v) is 16.1. The van der Waals surface area contributed by atoms with Crippen LogP contribution in [0.5, 0.6) is 17.4 Å². The van der Waals surface area contributed by atoms with E-state index in [-0.39, 0.29) is 40.9 Å². The van der Waals surface area contributed by atoms with Gasteiger partial charge in [0.25, 0.3) is 0 Å². The predicted molar refractivity (Wildman–Crippen MR) is 175 cm³/mol. The molecule has 0 spiro atoms. The van der Waals surface area contributed by atoms with Crippen LogP contribution < -0.4 is 19.5 Å². The van der Waals surface area contributed by atoms with Crippen molar-refractivity contribution in [3.05, 3.63) is 119 Å². The molecule has 0 unspecified atom stereocenters. The number of nitrogens with zero attached hydrogens (tertiary/aromatic N) is 2. The van der Waals surface area contributed by atoms with Crippen LogP contribution in [0.3, 0.4) is 0 Å². The van der Waals surface area contributed by atoms with E-state index in [0.29, 0.717) is 33.2 Å². The topological polar surface area (TPSA) is 107 Å². The highest BCUT2D eigenvalue weighted by atomic mass is 35.5. The smallest absolute Gasteiger partial charge is 0.388 e. The number of methoxy groups -OCH3 is 2. The number of ether oxygens (including phenoxy) is 3. The monoisotopic (exact) mass is 681 g/mol. The summed E-state index contributed by atoms with van der Waals surface area (Å²) in [4.78, 5) is 16.8. The van der Waals surface area contributed by atoms with Gasteiger partial charge in [0, 0.05) is 40.8 Å². The van der Waals surface area contributed by atoms with Crippen LogP contribution in [0.1, 0.15) is 16.7 Å². The first-order chi connectivity index (χ1) is 22.6. The minimum atomic E-state index is -4.40. The van der Waals surface area contributed by atoms with E-state index >= 15 is 0 Å². The fourth-order valence-electron chi connectivity index (χ4n) is 4.94. The third-order valence-corrected chi connectivity index (χ3v) is 9.45. The number of amides is 1. The highest BCUT2D eigenvalue weighted by Gasteiger charge is 2.29. The van der Waals surface area contributed by atoms with Gasteiger partial charge in [0.2, 0.25) is 21.8 Å². The Morgan fingerprint density at radius 2 is 1.47 bits per heavy atom. The van der Waals surface area contributed by atoms with E-state index in [1.807, 2.05) is 0 Å². The van der Waals surface area contributed by atoms with Crippen molar-refractivity contribution in [1.82, 2.24) is 9.29 Å². The van der Waals surface area contributed by atoms with Crippen LogP contribution >= 0.6 is 11.6 Å². The van der Waals surface area contributed by atoms with Crippen molar-refractivity contribution in [2.75, 3.05) is 19.5 Å². The molecule has 0 saturated heterocycles. The Hall–Kier alpha value is -4.78. The van der Waals surface area contributed by atoms with Crippen molar-refractivity contribution < 1.29 is 36.2 Å². The van der Waals surface area contributed by atoms with Crippen LogP contribution in [0, 0.1) is 0 Å². The van der Waals surface area contributed by atoms with Crippen LogP contribution in [-0.2, 0) is 34.3 Å². The van der Waals surface area contributed by atoms with Crippen LogP contribution in [0.15, 0.2) is 102 Å². The molecule has 0 aliphatic rings. The Balaban J connectivity index is 1.61. The number of sulfonamides is 1. The van der Waals surface area contributed by atoms with Gasteiger partial charge in [-0.3, -0.25) is 4.79 Å². The molecule has 47 heavy (non-hydrogen) atoms. The first-order valence-electron chi connectivity index (χ1n) is 14.2. The zero-order chi connectivity index (χ0) is 33.6. The number of alkyl halides is 2. The lowest BCUT2D eigenvalue weighted by atomic mass is 10.1. The van der Waals surface area contributed by atoms with Crippen molar-refractivity contribution in [1.29, 1.82) is 0 Å². The van der Waals surface area contributed by atoms with E-state index in [9.17, 15) is 22.0 Å². The van der Waals surface area contributed by atoms with Crippen molar-refractivity contribution in [2.45, 2.75) is 31.0 Å². The summed E-state index contributed by atoms with van der Waals surface area (Å²) in [5.41, 5.74) is 1.92. The van der Waals surface area contributed by atoms with Gasteiger partial charge in [-0.1, -0.05) is 54.1 Å². The number of fused-ring (bicyclic) bond motifs is 1. The molecule has 0 saturated carbocycles. The van der Waals surface area contributed by atoms with Crippen LogP contribution in [0.2, 0.25) is 5.02 Å². The predicted octanol–water partition coefficient (Wildman–Crippen LogP) is 7.08. The van der Waals surface area contributed by atoms with E-state index in [0.717, 1.165) is 0 Å². The standard InChI is InChI=1S/C34H30ClF2N3O6S/c1-44-26-11-7-22(8-12-26)20-40(21-23-9-13-27(45-2)14-10-23)47(42,43)31-19-25(39-32(41)17-24-5-3-4-6-30(24)35)18-29-28(31)15-16-38-33(29)46-34(36)37/h3-16,18-19,34H,17,20-21H2,1-2H3,(H,39,41). The zero-order valence-corrected chi connectivity index (χ0v) is 26.9. The maximum Gasteiger partial charge on any atom is 0.388 e. The molecule has 9 nitrogen and oxygen atoms in total. The van der Waals surface area contributed by atoms with Gasteiger partial charge in [-0.15, -0.1) is 0 Å². The normalized spacial score (nSPS) is 11.6. The third kappa shape index (κ3) is 8.15. The van der Waals surface area contributed by atoms with Gasteiger partial charge in [0.15, 0.2) is 0 Å². The summed E-state index contributed by atoms with van der Waals surface area (Å²) < 4.78 is 72.5. The lowest BCUT2D eigenvalue weighted by Gasteiger charge is -2.24. The summed E-state index contributed by atoms with van der Waals surface area (Å²) in [6.45, 7) is -3.32. The van der Waals surface area contributed by atoms with Crippen molar-refractivity contribution in [3.63, 3.8) is 0 Å². The van der Waals surface area contributed by atoms with E-state index in [1.54, 1.807) is 72.8 Å². The fraction of sp³-hybridized carbons (Fsp3) is 0.176. The highest BCUT2D eigenvalue weighted by molar-refractivity contribution is 7.89. The zero-order valence-electron chi connectivity index (χ0n) is 25.3. The molecule has 4 aromatic carbocycles. The Kier molecular flexibility index (Phi) is 10.5. The van der Waals surface area contributed by atoms with Crippen LogP contribution in [0.25, 0.3) is 10.8 Å². The highest BCUT2D eigenvalue weighted by Crippen LogP contribution is 2.35. The molecule has 1 aromatic heterocycles. The van der Waals surface area contributed by atoms with Gasteiger partial charge in [-0.25, -0.2) is 13.4 Å². The number of pyridine rings is 1. The second kappa shape index (κ2) is 14.8. The van der Waals surface area contributed by atoms with Gasteiger partial charge in [-0.2, -0.15) is 13.1 Å². The minimum absolute atomic E-state index is 0.0317. The summed E-state index contributed by atoms with van der Waals surface area (Å²) in [6, 6.07) is 24.7. The van der Waals surface area contributed by atoms with Gasteiger partial charge in [0.1, 0.15) is 11.5 Å². The molecule has 0 bridgehead atoms. The van der Waals surface area contributed by atoms with Gasteiger partial charge in [0.05, 0.1) is 25.5 Å². The molecule has 5 aromatic rings. The van der Waals surface area contributed by atoms with E-state index in [4.69, 9.17) is 21.1 Å². The second-order valence-corrected chi connectivity index (χ2v) is 12.7. The van der Waals surface area contributed by atoms with Gasteiger partial charge < -0.3 is 19.5 Å². The number of carbonyl (C=O) groups is 1. The SMILES string of the molecule is COc1ccc(CN(Cc2ccc(OC)cc2)S(=O)(=O)c2cc(NC(=O)Cc3ccccc3Cl)cc3c(OC(F)F)nccc23)cc1. The minimum Gasteiger partial charge on any atom is -0.497 e. The molecule has 0 aliphatic heterocycles. The summed E-state index contributed by atoms with van der Waals surface area (Å²) >= 11 is 6.23.